The van der Waals surface area contributed by atoms with Crippen molar-refractivity contribution in [3.63, 3.8) is 0 Å². The van der Waals surface area contributed by atoms with Crippen LogP contribution >= 0.6 is 10.7 Å². The van der Waals surface area contributed by atoms with Gasteiger partial charge in [0.25, 0.3) is 14.9 Å². The second-order valence-corrected chi connectivity index (χ2v) is 7.47. The Morgan fingerprint density at radius 2 is 1.80 bits per heavy atom. The lowest BCUT2D eigenvalue weighted by Crippen LogP contribution is -1.96. The third kappa shape index (κ3) is 2.35. The Morgan fingerprint density at radius 3 is 2.25 bits per heavy atom. The van der Waals surface area contributed by atoms with Gasteiger partial charge < -0.3 is 8.98 Å². The second kappa shape index (κ2) is 4.89. The van der Waals surface area contributed by atoms with Gasteiger partial charge in [-0.05, 0) is 13.8 Å². The lowest BCUT2D eigenvalue weighted by Gasteiger charge is -1.99. The average Bonchev–Trinajstić information content (AvgIpc) is 2.87. The first-order valence-corrected chi connectivity index (χ1v) is 8.39. The molecule has 2 aromatic rings. The molecular weight excluding hydrogens is 302 g/mol. The molecule has 0 atom stereocenters. The Kier molecular flexibility index (Phi) is 3.68. The number of nitrogens with zero attached hydrogens (tertiary/aromatic N) is 3. The summed E-state index contributed by atoms with van der Waals surface area (Å²) < 4.78 is 30.9. The molecule has 0 saturated carbocycles. The van der Waals surface area contributed by atoms with Crippen molar-refractivity contribution in [3.8, 4) is 11.5 Å². The summed E-state index contributed by atoms with van der Waals surface area (Å²) in [7, 11) is 3.40. The Bertz CT molecular complexity index is 759. The molecule has 0 spiro atoms. The molecule has 0 aliphatic carbocycles. The summed E-state index contributed by atoms with van der Waals surface area (Å²) in [6.45, 7) is 7.30. The molecule has 0 amide bonds. The highest BCUT2D eigenvalue weighted by molar-refractivity contribution is 8.13. The largest absolute Gasteiger partial charge is 0.420 e. The van der Waals surface area contributed by atoms with Crippen LogP contribution in [0.4, 0.5) is 0 Å². The van der Waals surface area contributed by atoms with Crippen LogP contribution < -0.4 is 0 Å². The van der Waals surface area contributed by atoms with Gasteiger partial charge >= 0.3 is 0 Å². The molecule has 0 aliphatic heterocycles. The molecule has 0 aliphatic rings. The highest BCUT2D eigenvalue weighted by Crippen LogP contribution is 2.36. The van der Waals surface area contributed by atoms with Crippen molar-refractivity contribution < 1.29 is 12.8 Å². The lowest BCUT2D eigenvalue weighted by atomic mass is 10.2. The number of aromatic nitrogens is 3. The van der Waals surface area contributed by atoms with Crippen LogP contribution in [0, 0.1) is 13.8 Å². The van der Waals surface area contributed by atoms with Gasteiger partial charge in [-0.15, -0.1) is 10.2 Å². The first kappa shape index (κ1) is 15.1. The van der Waals surface area contributed by atoms with E-state index in [1.165, 1.54) is 0 Å². The van der Waals surface area contributed by atoms with Crippen molar-refractivity contribution in [2.45, 2.75) is 38.5 Å². The summed E-state index contributed by atoms with van der Waals surface area (Å²) in [6, 6.07) is 0. The van der Waals surface area contributed by atoms with Gasteiger partial charge in [0.15, 0.2) is 0 Å². The van der Waals surface area contributed by atoms with E-state index in [-0.39, 0.29) is 16.7 Å². The van der Waals surface area contributed by atoms with E-state index in [2.05, 4.69) is 10.2 Å². The molecule has 20 heavy (non-hydrogen) atoms. The van der Waals surface area contributed by atoms with E-state index in [1.54, 1.807) is 25.5 Å². The summed E-state index contributed by atoms with van der Waals surface area (Å²) in [4.78, 5) is 0.0260. The first-order chi connectivity index (χ1) is 9.14. The Morgan fingerprint density at radius 1 is 1.20 bits per heavy atom. The number of hydrogen-bond acceptors (Lipinski definition) is 5. The minimum absolute atomic E-state index is 0.0260. The van der Waals surface area contributed by atoms with Gasteiger partial charge in [0.2, 0.25) is 5.89 Å². The molecule has 2 heterocycles. The van der Waals surface area contributed by atoms with E-state index in [0.29, 0.717) is 22.8 Å². The van der Waals surface area contributed by atoms with E-state index in [1.807, 2.05) is 13.8 Å². The van der Waals surface area contributed by atoms with Gasteiger partial charge in [-0.3, -0.25) is 0 Å². The SMILES string of the molecule is Cc1c(-c2nnc(C(C)C)o2)c(S(=O)(=O)Cl)c(C)n1C. The van der Waals surface area contributed by atoms with Crippen molar-refractivity contribution >= 4 is 19.7 Å². The van der Waals surface area contributed by atoms with E-state index in [0.717, 1.165) is 0 Å². The molecule has 0 aromatic carbocycles. The number of rotatable bonds is 3. The predicted molar refractivity (Wildman–Crippen MR) is 75.3 cm³/mol. The molecule has 0 bridgehead atoms. The van der Waals surface area contributed by atoms with Crippen molar-refractivity contribution in [2.24, 2.45) is 7.05 Å². The van der Waals surface area contributed by atoms with E-state index >= 15 is 0 Å². The number of halogens is 1. The van der Waals surface area contributed by atoms with Crippen LogP contribution in [0.3, 0.4) is 0 Å². The zero-order valence-corrected chi connectivity index (χ0v) is 13.5. The summed E-state index contributed by atoms with van der Waals surface area (Å²) in [5.41, 5.74) is 1.62. The molecule has 0 saturated heterocycles. The molecular formula is C12H16ClN3O3S. The number of hydrogen-bond donors (Lipinski definition) is 0. The fourth-order valence-corrected chi connectivity index (χ4v) is 3.57. The molecule has 2 rings (SSSR count). The van der Waals surface area contributed by atoms with Crippen LogP contribution in [0.2, 0.25) is 0 Å². The molecule has 0 radical (unpaired) electrons. The van der Waals surface area contributed by atoms with Gasteiger partial charge in [-0.2, -0.15) is 0 Å². The fraction of sp³-hybridized carbons (Fsp3) is 0.500. The van der Waals surface area contributed by atoms with Crippen LogP contribution in [0.15, 0.2) is 9.31 Å². The average molecular weight is 318 g/mol. The monoisotopic (exact) mass is 317 g/mol. The maximum Gasteiger partial charge on any atom is 0.263 e. The predicted octanol–water partition coefficient (Wildman–Crippen LogP) is 2.74. The summed E-state index contributed by atoms with van der Waals surface area (Å²) >= 11 is 0. The topological polar surface area (TPSA) is 78.0 Å². The minimum atomic E-state index is -3.90. The first-order valence-electron chi connectivity index (χ1n) is 6.09. The molecule has 0 N–H and O–H groups in total. The smallest absolute Gasteiger partial charge is 0.263 e. The Labute approximate surface area is 122 Å². The van der Waals surface area contributed by atoms with E-state index in [9.17, 15) is 8.42 Å². The maximum absolute atomic E-state index is 11.8. The molecule has 0 fully saturated rings. The van der Waals surface area contributed by atoms with Crippen molar-refractivity contribution in [3.05, 3.63) is 17.3 Å². The summed E-state index contributed by atoms with van der Waals surface area (Å²) in [5, 5.41) is 7.88. The van der Waals surface area contributed by atoms with Crippen LogP contribution in [0.25, 0.3) is 11.5 Å². The highest BCUT2D eigenvalue weighted by atomic mass is 35.7. The molecule has 110 valence electrons. The van der Waals surface area contributed by atoms with E-state index < -0.39 is 9.05 Å². The fourth-order valence-electron chi connectivity index (χ4n) is 2.04. The molecule has 8 heteroatoms. The Balaban J connectivity index is 2.76. The summed E-state index contributed by atoms with van der Waals surface area (Å²) in [5.74, 6) is 0.699. The summed E-state index contributed by atoms with van der Waals surface area (Å²) in [6.07, 6.45) is 0. The minimum Gasteiger partial charge on any atom is -0.420 e. The third-order valence-electron chi connectivity index (χ3n) is 3.32. The van der Waals surface area contributed by atoms with Gasteiger partial charge in [0, 0.05) is 35.0 Å². The lowest BCUT2D eigenvalue weighted by molar-refractivity contribution is 0.480. The quantitative estimate of drug-likeness (QED) is 0.813. The van der Waals surface area contributed by atoms with Gasteiger partial charge in [-0.1, -0.05) is 13.8 Å². The second-order valence-electron chi connectivity index (χ2n) is 4.97. The van der Waals surface area contributed by atoms with Crippen LogP contribution in [-0.4, -0.2) is 23.2 Å². The standard InChI is InChI=1S/C12H16ClN3O3S/c1-6(2)11-14-15-12(19-11)9-7(3)16(5)8(4)10(9)20(13,17)18/h6H,1-5H3. The van der Waals surface area contributed by atoms with Crippen molar-refractivity contribution in [2.75, 3.05) is 0 Å². The normalized spacial score (nSPS) is 12.3. The highest BCUT2D eigenvalue weighted by Gasteiger charge is 2.29. The van der Waals surface area contributed by atoms with Crippen LogP contribution in [0.1, 0.15) is 37.0 Å². The molecule has 6 nitrogen and oxygen atoms in total. The zero-order chi connectivity index (χ0) is 15.2. The van der Waals surface area contributed by atoms with Gasteiger partial charge in [0.05, 0.1) is 5.56 Å². The van der Waals surface area contributed by atoms with Crippen molar-refractivity contribution in [1.29, 1.82) is 0 Å². The zero-order valence-electron chi connectivity index (χ0n) is 11.9. The van der Waals surface area contributed by atoms with Gasteiger partial charge in [-0.25, -0.2) is 8.42 Å². The van der Waals surface area contributed by atoms with Crippen molar-refractivity contribution in [1.82, 2.24) is 14.8 Å². The van der Waals surface area contributed by atoms with Crippen LogP contribution in [0.5, 0.6) is 0 Å². The Hall–Kier alpha value is -1.34. The van der Waals surface area contributed by atoms with Crippen LogP contribution in [-0.2, 0) is 16.1 Å². The third-order valence-corrected chi connectivity index (χ3v) is 4.77. The van der Waals surface area contributed by atoms with Gasteiger partial charge in [0.1, 0.15) is 4.90 Å². The van der Waals surface area contributed by atoms with E-state index in [4.69, 9.17) is 15.1 Å². The maximum atomic E-state index is 11.8. The molecule has 2 aromatic heterocycles. The molecule has 0 unspecified atom stereocenters.